The van der Waals surface area contributed by atoms with Gasteiger partial charge >= 0.3 is 0 Å². The lowest BCUT2D eigenvalue weighted by Crippen LogP contribution is -2.09. The standard InChI is InChI=1S/C15H18N2O2S/c1-20(18,19)15-9-5-4-8-13(15)14-10-11-16-17(14)12-6-2-3-7-12/h4-5,8-12H,2-3,6-7H2,1H3. The summed E-state index contributed by atoms with van der Waals surface area (Å²) < 4.78 is 25.9. The van der Waals surface area contributed by atoms with Gasteiger partial charge in [0.1, 0.15) is 0 Å². The summed E-state index contributed by atoms with van der Waals surface area (Å²) in [5, 5.41) is 4.42. The largest absolute Gasteiger partial charge is 0.262 e. The zero-order valence-corrected chi connectivity index (χ0v) is 12.3. The molecule has 106 valence electrons. The van der Waals surface area contributed by atoms with Crippen molar-refractivity contribution in [2.24, 2.45) is 0 Å². The van der Waals surface area contributed by atoms with Crippen LogP contribution in [0.1, 0.15) is 31.7 Å². The molecule has 1 aromatic heterocycles. The molecule has 0 aliphatic heterocycles. The van der Waals surface area contributed by atoms with Crippen LogP contribution in [0.3, 0.4) is 0 Å². The molecule has 1 aliphatic rings. The van der Waals surface area contributed by atoms with E-state index in [0.717, 1.165) is 24.1 Å². The van der Waals surface area contributed by atoms with E-state index < -0.39 is 9.84 Å². The lowest BCUT2D eigenvalue weighted by atomic mass is 10.1. The molecule has 0 bridgehead atoms. The Morgan fingerprint density at radius 2 is 1.85 bits per heavy atom. The van der Waals surface area contributed by atoms with Crippen LogP contribution < -0.4 is 0 Å². The van der Waals surface area contributed by atoms with Crippen molar-refractivity contribution in [3.05, 3.63) is 36.5 Å². The van der Waals surface area contributed by atoms with Crippen LogP contribution >= 0.6 is 0 Å². The Kier molecular flexibility index (Phi) is 3.38. The van der Waals surface area contributed by atoms with E-state index in [1.807, 2.05) is 22.9 Å². The Labute approximate surface area is 119 Å². The van der Waals surface area contributed by atoms with Crippen LogP contribution in [0, 0.1) is 0 Å². The average Bonchev–Trinajstić information content (AvgIpc) is 3.08. The zero-order chi connectivity index (χ0) is 14.2. The molecular weight excluding hydrogens is 272 g/mol. The second-order valence-electron chi connectivity index (χ2n) is 5.37. The highest BCUT2D eigenvalue weighted by Crippen LogP contribution is 2.34. The van der Waals surface area contributed by atoms with Gasteiger partial charge in [-0.1, -0.05) is 31.0 Å². The minimum Gasteiger partial charge on any atom is -0.262 e. The topological polar surface area (TPSA) is 52.0 Å². The zero-order valence-electron chi connectivity index (χ0n) is 11.5. The first-order valence-electron chi connectivity index (χ1n) is 6.90. The maximum absolute atomic E-state index is 12.0. The maximum Gasteiger partial charge on any atom is 0.176 e. The fourth-order valence-electron chi connectivity index (χ4n) is 2.97. The highest BCUT2D eigenvalue weighted by atomic mass is 32.2. The van der Waals surface area contributed by atoms with Crippen molar-refractivity contribution in [3.8, 4) is 11.3 Å². The van der Waals surface area contributed by atoms with Crippen molar-refractivity contribution >= 4 is 9.84 Å². The number of rotatable bonds is 3. The molecule has 20 heavy (non-hydrogen) atoms. The summed E-state index contributed by atoms with van der Waals surface area (Å²) in [5.74, 6) is 0. The van der Waals surface area contributed by atoms with Crippen molar-refractivity contribution < 1.29 is 8.42 Å². The minimum absolute atomic E-state index is 0.375. The van der Waals surface area contributed by atoms with Crippen molar-refractivity contribution in [1.82, 2.24) is 9.78 Å². The Balaban J connectivity index is 2.13. The third kappa shape index (κ3) is 2.38. The van der Waals surface area contributed by atoms with Crippen LogP contribution in [0.5, 0.6) is 0 Å². The molecule has 0 atom stereocenters. The number of benzene rings is 1. The van der Waals surface area contributed by atoms with Gasteiger partial charge in [0.05, 0.1) is 16.6 Å². The van der Waals surface area contributed by atoms with Crippen molar-refractivity contribution in [3.63, 3.8) is 0 Å². The predicted octanol–water partition coefficient (Wildman–Crippen LogP) is 3.07. The molecule has 1 aliphatic carbocycles. The first-order chi connectivity index (χ1) is 9.57. The normalized spacial score (nSPS) is 16.6. The van der Waals surface area contributed by atoms with Crippen molar-refractivity contribution in [2.45, 2.75) is 36.6 Å². The molecule has 4 nitrogen and oxygen atoms in total. The van der Waals surface area contributed by atoms with E-state index in [-0.39, 0.29) is 0 Å². The van der Waals surface area contributed by atoms with Crippen LogP contribution in [0.2, 0.25) is 0 Å². The van der Waals surface area contributed by atoms with Gasteiger partial charge in [0.15, 0.2) is 9.84 Å². The molecule has 2 aromatic rings. The van der Waals surface area contributed by atoms with E-state index in [0.29, 0.717) is 10.9 Å². The molecule has 5 heteroatoms. The van der Waals surface area contributed by atoms with Gasteiger partial charge in [-0.3, -0.25) is 4.68 Å². The quantitative estimate of drug-likeness (QED) is 0.873. The number of aromatic nitrogens is 2. The SMILES string of the molecule is CS(=O)(=O)c1ccccc1-c1ccnn1C1CCCC1. The molecule has 1 heterocycles. The highest BCUT2D eigenvalue weighted by molar-refractivity contribution is 7.90. The summed E-state index contributed by atoms with van der Waals surface area (Å²) in [6.07, 6.45) is 7.69. The molecule has 0 saturated heterocycles. The van der Waals surface area contributed by atoms with Gasteiger partial charge < -0.3 is 0 Å². The number of sulfone groups is 1. The van der Waals surface area contributed by atoms with Crippen LogP contribution in [0.4, 0.5) is 0 Å². The molecular formula is C15H18N2O2S. The molecule has 0 unspecified atom stereocenters. The summed E-state index contributed by atoms with van der Waals surface area (Å²) in [5.41, 5.74) is 1.65. The molecule has 3 rings (SSSR count). The Morgan fingerprint density at radius 3 is 2.55 bits per heavy atom. The minimum atomic E-state index is -3.24. The van der Waals surface area contributed by atoms with E-state index in [1.165, 1.54) is 19.1 Å². The first kappa shape index (κ1) is 13.4. The molecule has 1 fully saturated rings. The lowest BCUT2D eigenvalue weighted by Gasteiger charge is -2.16. The van der Waals surface area contributed by atoms with Crippen molar-refractivity contribution in [1.29, 1.82) is 0 Å². The molecule has 0 amide bonds. The van der Waals surface area contributed by atoms with Gasteiger partial charge in [-0.05, 0) is 25.0 Å². The Morgan fingerprint density at radius 1 is 1.15 bits per heavy atom. The third-order valence-electron chi connectivity index (χ3n) is 3.90. The third-order valence-corrected chi connectivity index (χ3v) is 5.06. The van der Waals surface area contributed by atoms with Crippen LogP contribution in [-0.2, 0) is 9.84 Å². The average molecular weight is 290 g/mol. The van der Waals surface area contributed by atoms with E-state index in [1.54, 1.807) is 18.3 Å². The van der Waals surface area contributed by atoms with E-state index in [9.17, 15) is 8.42 Å². The Bertz CT molecular complexity index is 713. The first-order valence-corrected chi connectivity index (χ1v) is 8.79. The predicted molar refractivity (Wildman–Crippen MR) is 78.3 cm³/mol. The molecule has 0 N–H and O–H groups in total. The number of hydrogen-bond acceptors (Lipinski definition) is 3. The summed E-state index contributed by atoms with van der Waals surface area (Å²) in [6, 6.07) is 9.46. The van der Waals surface area contributed by atoms with E-state index in [2.05, 4.69) is 5.10 Å². The summed E-state index contributed by atoms with van der Waals surface area (Å²) in [7, 11) is -3.24. The molecule has 1 aromatic carbocycles. The van der Waals surface area contributed by atoms with Gasteiger partial charge in [-0.15, -0.1) is 0 Å². The van der Waals surface area contributed by atoms with Gasteiger partial charge in [0.2, 0.25) is 0 Å². The maximum atomic E-state index is 12.0. The van der Waals surface area contributed by atoms with Gasteiger partial charge in [-0.2, -0.15) is 5.10 Å². The van der Waals surface area contributed by atoms with E-state index in [4.69, 9.17) is 0 Å². The second-order valence-corrected chi connectivity index (χ2v) is 7.35. The van der Waals surface area contributed by atoms with Crippen molar-refractivity contribution in [2.75, 3.05) is 6.26 Å². The van der Waals surface area contributed by atoms with Gasteiger partial charge in [0.25, 0.3) is 0 Å². The monoisotopic (exact) mass is 290 g/mol. The van der Waals surface area contributed by atoms with E-state index >= 15 is 0 Å². The van der Waals surface area contributed by atoms with Crippen LogP contribution in [-0.4, -0.2) is 24.5 Å². The molecule has 0 spiro atoms. The van der Waals surface area contributed by atoms with Gasteiger partial charge in [0, 0.05) is 18.0 Å². The summed E-state index contributed by atoms with van der Waals surface area (Å²) >= 11 is 0. The van der Waals surface area contributed by atoms with Gasteiger partial charge in [-0.25, -0.2) is 8.42 Å². The summed E-state index contributed by atoms with van der Waals surface area (Å²) in [4.78, 5) is 0.375. The highest BCUT2D eigenvalue weighted by Gasteiger charge is 2.22. The Hall–Kier alpha value is -1.62. The fraction of sp³-hybridized carbons (Fsp3) is 0.400. The number of nitrogens with zero attached hydrogens (tertiary/aromatic N) is 2. The fourth-order valence-corrected chi connectivity index (χ4v) is 3.87. The van der Waals surface area contributed by atoms with Crippen LogP contribution in [0.25, 0.3) is 11.3 Å². The van der Waals surface area contributed by atoms with Crippen LogP contribution in [0.15, 0.2) is 41.4 Å². The molecule has 0 radical (unpaired) electrons. The molecule has 1 saturated carbocycles. The lowest BCUT2D eigenvalue weighted by molar-refractivity contribution is 0.471. The number of hydrogen-bond donors (Lipinski definition) is 0. The second kappa shape index (κ2) is 5.05. The summed E-state index contributed by atoms with van der Waals surface area (Å²) in [6.45, 7) is 0. The smallest absolute Gasteiger partial charge is 0.176 e.